The zero-order valence-electron chi connectivity index (χ0n) is 13.0. The quantitative estimate of drug-likeness (QED) is 0.888. The number of aryl methyl sites for hydroxylation is 1. The Bertz CT molecular complexity index is 593. The maximum Gasteiger partial charge on any atom is 0.163 e. The molecule has 1 saturated heterocycles. The average Bonchev–Trinajstić information content (AvgIpc) is 2.57. The third-order valence-corrected chi connectivity index (χ3v) is 3.90. The van der Waals surface area contributed by atoms with E-state index in [1.54, 1.807) is 6.20 Å². The molecule has 0 radical (unpaired) electrons. The molecular formula is C17H23N5. The number of nitrogens with zero attached hydrogens (tertiary/aromatic N) is 3. The molecule has 0 amide bonds. The Kier molecular flexibility index (Phi) is 4.96. The number of piperidine rings is 1. The van der Waals surface area contributed by atoms with E-state index in [1.165, 1.54) is 0 Å². The highest BCUT2D eigenvalue weighted by Crippen LogP contribution is 2.19. The van der Waals surface area contributed by atoms with Crippen LogP contribution in [0.1, 0.15) is 31.9 Å². The standard InChI is InChI=1S/C17H23N5/c1-2-4-15-11-16(20-14-6-9-18-10-7-14)22-17(21-15)13-5-3-8-19-12-13/h3,5,8,11-12,14,18H,2,4,6-7,9-10H2,1H3,(H,20,21,22). The summed E-state index contributed by atoms with van der Waals surface area (Å²) in [4.78, 5) is 13.6. The molecule has 2 aromatic heterocycles. The first-order valence-corrected chi connectivity index (χ1v) is 8.11. The van der Waals surface area contributed by atoms with Gasteiger partial charge in [0.2, 0.25) is 0 Å². The van der Waals surface area contributed by atoms with Crippen molar-refractivity contribution < 1.29 is 0 Å². The van der Waals surface area contributed by atoms with Crippen LogP contribution in [-0.2, 0) is 6.42 Å². The van der Waals surface area contributed by atoms with Crippen LogP contribution in [0.25, 0.3) is 11.4 Å². The van der Waals surface area contributed by atoms with Crippen LogP contribution in [0.4, 0.5) is 5.82 Å². The second kappa shape index (κ2) is 7.31. The third kappa shape index (κ3) is 3.80. The number of anilines is 1. The molecule has 3 heterocycles. The molecule has 1 fully saturated rings. The fraction of sp³-hybridized carbons (Fsp3) is 0.471. The van der Waals surface area contributed by atoms with Crippen LogP contribution in [0, 0.1) is 0 Å². The lowest BCUT2D eigenvalue weighted by Gasteiger charge is -2.24. The van der Waals surface area contributed by atoms with Gasteiger partial charge in [-0.3, -0.25) is 4.98 Å². The van der Waals surface area contributed by atoms with E-state index in [9.17, 15) is 0 Å². The van der Waals surface area contributed by atoms with E-state index in [0.29, 0.717) is 6.04 Å². The number of pyridine rings is 1. The summed E-state index contributed by atoms with van der Waals surface area (Å²) in [5.41, 5.74) is 2.06. The summed E-state index contributed by atoms with van der Waals surface area (Å²) in [7, 11) is 0. The summed E-state index contributed by atoms with van der Waals surface area (Å²) in [6, 6.07) is 6.51. The molecule has 0 unspecified atom stereocenters. The van der Waals surface area contributed by atoms with Crippen LogP contribution < -0.4 is 10.6 Å². The smallest absolute Gasteiger partial charge is 0.163 e. The van der Waals surface area contributed by atoms with Crippen molar-refractivity contribution in [3.05, 3.63) is 36.3 Å². The van der Waals surface area contributed by atoms with E-state index in [2.05, 4.69) is 33.6 Å². The van der Waals surface area contributed by atoms with Crippen LogP contribution in [0.2, 0.25) is 0 Å². The van der Waals surface area contributed by atoms with Crippen molar-refractivity contribution in [1.82, 2.24) is 20.3 Å². The van der Waals surface area contributed by atoms with Crippen LogP contribution in [0.5, 0.6) is 0 Å². The van der Waals surface area contributed by atoms with Crippen LogP contribution in [-0.4, -0.2) is 34.1 Å². The maximum atomic E-state index is 4.70. The summed E-state index contributed by atoms with van der Waals surface area (Å²) in [5, 5.41) is 6.97. The molecule has 22 heavy (non-hydrogen) atoms. The predicted octanol–water partition coefficient (Wildman–Crippen LogP) is 2.66. The van der Waals surface area contributed by atoms with Crippen LogP contribution >= 0.6 is 0 Å². The van der Waals surface area contributed by atoms with E-state index in [0.717, 1.165) is 61.7 Å². The van der Waals surface area contributed by atoms with Crippen LogP contribution in [0.3, 0.4) is 0 Å². The Morgan fingerprint density at radius 2 is 2.14 bits per heavy atom. The lowest BCUT2D eigenvalue weighted by molar-refractivity contribution is 0.478. The Labute approximate surface area is 131 Å². The first-order valence-electron chi connectivity index (χ1n) is 8.11. The van der Waals surface area contributed by atoms with Gasteiger partial charge in [0, 0.05) is 35.8 Å². The number of rotatable bonds is 5. The topological polar surface area (TPSA) is 62.7 Å². The Balaban J connectivity index is 1.86. The van der Waals surface area contributed by atoms with Gasteiger partial charge in [-0.15, -0.1) is 0 Å². The van der Waals surface area contributed by atoms with Crippen molar-refractivity contribution in [2.45, 2.75) is 38.6 Å². The Morgan fingerprint density at radius 1 is 1.27 bits per heavy atom. The van der Waals surface area contributed by atoms with Crippen molar-refractivity contribution >= 4 is 5.82 Å². The molecule has 2 aromatic rings. The minimum absolute atomic E-state index is 0.493. The van der Waals surface area contributed by atoms with Crippen molar-refractivity contribution in [3.8, 4) is 11.4 Å². The van der Waals surface area contributed by atoms with Gasteiger partial charge in [-0.05, 0) is 44.5 Å². The Morgan fingerprint density at radius 3 is 2.86 bits per heavy atom. The lowest BCUT2D eigenvalue weighted by Crippen LogP contribution is -2.35. The van der Waals surface area contributed by atoms with E-state index in [1.807, 2.05) is 18.3 Å². The average molecular weight is 297 g/mol. The molecular weight excluding hydrogens is 274 g/mol. The SMILES string of the molecule is CCCc1cc(NC2CCNCC2)nc(-c2cccnc2)n1. The number of nitrogens with one attached hydrogen (secondary N) is 2. The van der Waals surface area contributed by atoms with Gasteiger partial charge in [0.25, 0.3) is 0 Å². The van der Waals surface area contributed by atoms with Gasteiger partial charge in [0.05, 0.1) is 0 Å². The molecule has 3 rings (SSSR count). The first kappa shape index (κ1) is 14.9. The van der Waals surface area contributed by atoms with Crippen molar-refractivity contribution in [2.24, 2.45) is 0 Å². The normalized spacial score (nSPS) is 15.7. The largest absolute Gasteiger partial charge is 0.367 e. The van der Waals surface area contributed by atoms with Crippen molar-refractivity contribution in [2.75, 3.05) is 18.4 Å². The second-order valence-electron chi connectivity index (χ2n) is 5.73. The van der Waals surface area contributed by atoms with Crippen molar-refractivity contribution in [3.63, 3.8) is 0 Å². The number of hydrogen-bond donors (Lipinski definition) is 2. The molecule has 1 aliphatic rings. The zero-order valence-corrected chi connectivity index (χ0v) is 13.0. The second-order valence-corrected chi connectivity index (χ2v) is 5.73. The highest BCUT2D eigenvalue weighted by molar-refractivity contribution is 5.56. The molecule has 2 N–H and O–H groups in total. The van der Waals surface area contributed by atoms with E-state index >= 15 is 0 Å². The van der Waals surface area contributed by atoms with E-state index in [-0.39, 0.29) is 0 Å². The fourth-order valence-electron chi connectivity index (χ4n) is 2.76. The number of aromatic nitrogens is 3. The lowest BCUT2D eigenvalue weighted by atomic mass is 10.1. The highest BCUT2D eigenvalue weighted by Gasteiger charge is 2.14. The molecule has 5 heteroatoms. The zero-order chi connectivity index (χ0) is 15.2. The Hall–Kier alpha value is -2.01. The molecule has 0 saturated carbocycles. The van der Waals surface area contributed by atoms with Crippen LogP contribution in [0.15, 0.2) is 30.6 Å². The van der Waals surface area contributed by atoms with Crippen molar-refractivity contribution in [1.29, 1.82) is 0 Å². The maximum absolute atomic E-state index is 4.70. The van der Waals surface area contributed by atoms with Gasteiger partial charge < -0.3 is 10.6 Å². The minimum Gasteiger partial charge on any atom is -0.367 e. The monoisotopic (exact) mass is 297 g/mol. The molecule has 0 aliphatic carbocycles. The van der Waals surface area contributed by atoms with E-state index < -0.39 is 0 Å². The summed E-state index contributed by atoms with van der Waals surface area (Å²) in [6.45, 7) is 4.31. The summed E-state index contributed by atoms with van der Waals surface area (Å²) >= 11 is 0. The molecule has 0 bridgehead atoms. The van der Waals surface area contributed by atoms with Gasteiger partial charge >= 0.3 is 0 Å². The third-order valence-electron chi connectivity index (χ3n) is 3.90. The van der Waals surface area contributed by atoms with Gasteiger partial charge in [-0.25, -0.2) is 9.97 Å². The van der Waals surface area contributed by atoms with Gasteiger partial charge in [0.1, 0.15) is 5.82 Å². The molecule has 1 aliphatic heterocycles. The summed E-state index contributed by atoms with van der Waals surface area (Å²) < 4.78 is 0. The fourth-order valence-corrected chi connectivity index (χ4v) is 2.76. The molecule has 0 atom stereocenters. The molecule has 116 valence electrons. The predicted molar refractivity (Wildman–Crippen MR) is 88.8 cm³/mol. The van der Waals surface area contributed by atoms with Gasteiger partial charge in [-0.1, -0.05) is 13.3 Å². The van der Waals surface area contributed by atoms with E-state index in [4.69, 9.17) is 4.98 Å². The molecule has 5 nitrogen and oxygen atoms in total. The summed E-state index contributed by atoms with van der Waals surface area (Å²) in [6.07, 6.45) is 7.91. The number of hydrogen-bond acceptors (Lipinski definition) is 5. The molecule has 0 aromatic carbocycles. The first-order chi connectivity index (χ1) is 10.8. The summed E-state index contributed by atoms with van der Waals surface area (Å²) in [5.74, 6) is 1.69. The van der Waals surface area contributed by atoms with Gasteiger partial charge in [-0.2, -0.15) is 0 Å². The van der Waals surface area contributed by atoms with Gasteiger partial charge in [0.15, 0.2) is 5.82 Å². The molecule has 0 spiro atoms. The highest BCUT2D eigenvalue weighted by atomic mass is 15.1. The minimum atomic E-state index is 0.493.